The minimum atomic E-state index is -4.83. The number of halogens is 3. The van der Waals surface area contributed by atoms with E-state index in [-0.39, 0.29) is 12.2 Å². The van der Waals surface area contributed by atoms with Gasteiger partial charge in [-0.05, 0) is 25.1 Å². The lowest BCUT2D eigenvalue weighted by atomic mass is 10.1. The molecule has 2 aromatic carbocycles. The lowest BCUT2D eigenvalue weighted by Gasteiger charge is -2.11. The number of aromatic nitrogens is 2. The molecule has 0 bridgehead atoms. The third kappa shape index (κ3) is 4.43. The maximum atomic E-state index is 12.5. The van der Waals surface area contributed by atoms with Crippen LogP contribution in [0.2, 0.25) is 0 Å². The highest BCUT2D eigenvalue weighted by Crippen LogP contribution is 2.25. The van der Waals surface area contributed by atoms with E-state index in [4.69, 9.17) is 0 Å². The number of aryl methyl sites for hydroxylation is 1. The summed E-state index contributed by atoms with van der Waals surface area (Å²) in [7, 11) is 0. The minimum Gasteiger partial charge on any atom is -0.406 e. The van der Waals surface area contributed by atoms with Crippen molar-refractivity contribution in [2.45, 2.75) is 19.8 Å². The summed E-state index contributed by atoms with van der Waals surface area (Å²) in [5.41, 5.74) is 0.256. The molecule has 1 aromatic heterocycles. The van der Waals surface area contributed by atoms with Crippen LogP contribution in [0.25, 0.3) is 10.8 Å². The summed E-state index contributed by atoms with van der Waals surface area (Å²) < 4.78 is 41.7. The van der Waals surface area contributed by atoms with E-state index in [1.807, 2.05) is 0 Å². The van der Waals surface area contributed by atoms with Crippen LogP contribution in [0.3, 0.4) is 0 Å². The highest BCUT2D eigenvalue weighted by atomic mass is 19.4. The van der Waals surface area contributed by atoms with Gasteiger partial charge in [0.25, 0.3) is 5.56 Å². The summed E-state index contributed by atoms with van der Waals surface area (Å²) in [6.45, 7) is 1.34. The van der Waals surface area contributed by atoms with E-state index in [2.05, 4.69) is 15.2 Å². The van der Waals surface area contributed by atoms with E-state index in [0.717, 1.165) is 16.8 Å². The number of nitrogens with zero attached hydrogens (tertiary/aromatic N) is 2. The Morgan fingerprint density at radius 1 is 1.15 bits per heavy atom. The number of benzene rings is 2. The smallest absolute Gasteiger partial charge is 0.406 e. The highest BCUT2D eigenvalue weighted by molar-refractivity contribution is 5.91. The molecule has 0 fully saturated rings. The molecular weight excluding hydrogens is 363 g/mol. The molecule has 1 heterocycles. The number of alkyl halides is 3. The number of nitrogens with one attached hydrogen (secondary N) is 1. The minimum absolute atomic E-state index is 0.104. The van der Waals surface area contributed by atoms with E-state index in [0.29, 0.717) is 16.5 Å². The zero-order valence-corrected chi connectivity index (χ0v) is 14.1. The summed E-state index contributed by atoms with van der Waals surface area (Å²) in [4.78, 5) is 24.7. The van der Waals surface area contributed by atoms with Gasteiger partial charge in [-0.1, -0.05) is 24.3 Å². The Labute approximate surface area is 151 Å². The van der Waals surface area contributed by atoms with E-state index < -0.39 is 23.6 Å². The first-order chi connectivity index (χ1) is 12.7. The van der Waals surface area contributed by atoms with Crippen LogP contribution >= 0.6 is 0 Å². The van der Waals surface area contributed by atoms with Crippen molar-refractivity contribution in [2.24, 2.45) is 0 Å². The van der Waals surface area contributed by atoms with Crippen molar-refractivity contribution in [2.75, 3.05) is 5.32 Å². The van der Waals surface area contributed by atoms with Gasteiger partial charge < -0.3 is 10.1 Å². The van der Waals surface area contributed by atoms with Crippen molar-refractivity contribution in [3.63, 3.8) is 0 Å². The molecule has 1 N–H and O–H groups in total. The fourth-order valence-electron chi connectivity index (χ4n) is 2.62. The van der Waals surface area contributed by atoms with Crippen LogP contribution in [0.5, 0.6) is 5.75 Å². The van der Waals surface area contributed by atoms with Gasteiger partial charge in [0.1, 0.15) is 12.3 Å². The molecule has 0 unspecified atom stereocenters. The molecule has 0 saturated heterocycles. The summed E-state index contributed by atoms with van der Waals surface area (Å²) in [6, 6.07) is 11.7. The summed E-state index contributed by atoms with van der Waals surface area (Å²) in [5, 5.41) is 7.66. The number of hydrogen-bond acceptors (Lipinski definition) is 4. The van der Waals surface area contributed by atoms with Crippen molar-refractivity contribution in [3.05, 3.63) is 64.6 Å². The second kappa shape index (κ2) is 7.10. The molecule has 3 rings (SSSR count). The molecule has 140 valence electrons. The second-order valence-corrected chi connectivity index (χ2v) is 5.72. The second-order valence-electron chi connectivity index (χ2n) is 5.72. The number of amides is 1. The Morgan fingerprint density at radius 2 is 1.85 bits per heavy atom. The molecule has 0 radical (unpaired) electrons. The lowest BCUT2D eigenvalue weighted by molar-refractivity contribution is -0.274. The van der Waals surface area contributed by atoms with Crippen LogP contribution in [0.1, 0.15) is 5.69 Å². The zero-order valence-electron chi connectivity index (χ0n) is 14.1. The highest BCUT2D eigenvalue weighted by Gasteiger charge is 2.31. The number of rotatable bonds is 4. The lowest BCUT2D eigenvalue weighted by Crippen LogP contribution is -2.30. The molecule has 0 spiro atoms. The van der Waals surface area contributed by atoms with Gasteiger partial charge in [-0.15, -0.1) is 13.2 Å². The molecule has 0 aliphatic carbocycles. The standard InChI is InChI=1S/C18H14F3N3O3/c1-11-14-7-2-3-8-15(14)17(26)24(23-11)10-16(25)22-12-5-4-6-13(9-12)27-18(19,20)21/h2-9H,10H2,1H3,(H,22,25). The third-order valence-corrected chi connectivity index (χ3v) is 3.70. The molecule has 0 atom stereocenters. The van der Waals surface area contributed by atoms with Crippen LogP contribution in [0, 0.1) is 6.92 Å². The Morgan fingerprint density at radius 3 is 2.56 bits per heavy atom. The molecule has 6 nitrogen and oxygen atoms in total. The number of carbonyl (C=O) groups is 1. The van der Waals surface area contributed by atoms with E-state index in [1.54, 1.807) is 31.2 Å². The number of hydrogen-bond donors (Lipinski definition) is 1. The van der Waals surface area contributed by atoms with Crippen molar-refractivity contribution in [1.82, 2.24) is 9.78 Å². The van der Waals surface area contributed by atoms with Crippen LogP contribution in [-0.2, 0) is 11.3 Å². The number of anilines is 1. The monoisotopic (exact) mass is 377 g/mol. The van der Waals surface area contributed by atoms with Crippen molar-refractivity contribution < 1.29 is 22.7 Å². The first-order valence-corrected chi connectivity index (χ1v) is 7.85. The van der Waals surface area contributed by atoms with Gasteiger partial charge in [0, 0.05) is 17.1 Å². The van der Waals surface area contributed by atoms with Gasteiger partial charge in [-0.25, -0.2) is 4.68 Å². The number of ether oxygens (including phenoxy) is 1. The SMILES string of the molecule is Cc1nn(CC(=O)Nc2cccc(OC(F)(F)F)c2)c(=O)c2ccccc12. The largest absolute Gasteiger partial charge is 0.573 e. The Kier molecular flexibility index (Phi) is 4.85. The average Bonchev–Trinajstić information content (AvgIpc) is 2.58. The van der Waals surface area contributed by atoms with Crippen molar-refractivity contribution in [3.8, 4) is 5.75 Å². The molecule has 3 aromatic rings. The Balaban J connectivity index is 1.79. The first kappa shape index (κ1) is 18.4. The summed E-state index contributed by atoms with van der Waals surface area (Å²) in [5.74, 6) is -1.07. The molecular formula is C18H14F3N3O3. The van der Waals surface area contributed by atoms with Gasteiger partial charge >= 0.3 is 6.36 Å². The van der Waals surface area contributed by atoms with Gasteiger partial charge in [-0.2, -0.15) is 5.10 Å². The van der Waals surface area contributed by atoms with E-state index in [1.165, 1.54) is 12.1 Å². The Bertz CT molecular complexity index is 1060. The number of fused-ring (bicyclic) bond motifs is 1. The van der Waals surface area contributed by atoms with Crippen molar-refractivity contribution >= 4 is 22.4 Å². The van der Waals surface area contributed by atoms with Crippen LogP contribution in [0.15, 0.2) is 53.3 Å². The molecule has 1 amide bonds. The predicted octanol–water partition coefficient (Wildman–Crippen LogP) is 3.24. The van der Waals surface area contributed by atoms with Crippen LogP contribution in [-0.4, -0.2) is 22.1 Å². The fraction of sp³-hybridized carbons (Fsp3) is 0.167. The molecule has 9 heteroatoms. The van der Waals surface area contributed by atoms with E-state index in [9.17, 15) is 22.8 Å². The quantitative estimate of drug-likeness (QED) is 0.758. The maximum Gasteiger partial charge on any atom is 0.573 e. The van der Waals surface area contributed by atoms with E-state index >= 15 is 0 Å². The fourth-order valence-corrected chi connectivity index (χ4v) is 2.62. The predicted molar refractivity (Wildman–Crippen MR) is 92.5 cm³/mol. The van der Waals surface area contributed by atoms with Gasteiger partial charge in [0.05, 0.1) is 11.1 Å². The zero-order chi connectivity index (χ0) is 19.6. The summed E-state index contributed by atoms with van der Waals surface area (Å²) >= 11 is 0. The third-order valence-electron chi connectivity index (χ3n) is 3.70. The average molecular weight is 377 g/mol. The molecule has 0 aliphatic heterocycles. The Hall–Kier alpha value is -3.36. The van der Waals surface area contributed by atoms with Gasteiger partial charge in [-0.3, -0.25) is 9.59 Å². The maximum absolute atomic E-state index is 12.5. The van der Waals surface area contributed by atoms with Gasteiger partial charge in [0.15, 0.2) is 0 Å². The number of carbonyl (C=O) groups excluding carboxylic acids is 1. The summed E-state index contributed by atoms with van der Waals surface area (Å²) in [6.07, 6.45) is -4.83. The first-order valence-electron chi connectivity index (χ1n) is 7.85. The van der Waals surface area contributed by atoms with Crippen molar-refractivity contribution in [1.29, 1.82) is 0 Å². The molecule has 27 heavy (non-hydrogen) atoms. The van der Waals surface area contributed by atoms with Crippen LogP contribution in [0.4, 0.5) is 18.9 Å². The molecule has 0 aliphatic rings. The normalized spacial score (nSPS) is 11.4. The van der Waals surface area contributed by atoms with Gasteiger partial charge in [0.2, 0.25) is 5.91 Å². The molecule has 0 saturated carbocycles. The topological polar surface area (TPSA) is 73.2 Å². The van der Waals surface area contributed by atoms with Crippen LogP contribution < -0.4 is 15.6 Å².